The zero-order chi connectivity index (χ0) is 24.4. The molecular formula is C28H28N2O4. The molecule has 1 aliphatic rings. The van der Waals surface area contributed by atoms with E-state index in [1.54, 1.807) is 48.8 Å². The minimum absolute atomic E-state index is 0.0332. The molecule has 1 amide bonds. The van der Waals surface area contributed by atoms with Gasteiger partial charge in [-0.05, 0) is 67.3 Å². The predicted octanol–water partition coefficient (Wildman–Crippen LogP) is 5.62. The van der Waals surface area contributed by atoms with Gasteiger partial charge in [0.05, 0.1) is 17.7 Å². The Kier molecular flexibility index (Phi) is 6.50. The number of carbonyl (C=O) groups excluding carboxylic acids is 2. The van der Waals surface area contributed by atoms with E-state index in [1.807, 2.05) is 38.1 Å². The summed E-state index contributed by atoms with van der Waals surface area (Å²) in [6.07, 6.45) is 3.16. The molecule has 0 spiro atoms. The van der Waals surface area contributed by atoms with Crippen molar-refractivity contribution in [2.75, 3.05) is 4.90 Å². The Morgan fingerprint density at radius 3 is 2.26 bits per heavy atom. The van der Waals surface area contributed by atoms with Gasteiger partial charge in [0, 0.05) is 23.6 Å². The van der Waals surface area contributed by atoms with E-state index in [2.05, 4.69) is 18.8 Å². The molecule has 2 aromatic carbocycles. The lowest BCUT2D eigenvalue weighted by Gasteiger charge is -2.25. The number of aliphatic hydroxyl groups excluding tert-OH is 1. The summed E-state index contributed by atoms with van der Waals surface area (Å²) in [7, 11) is 0. The van der Waals surface area contributed by atoms with Crippen LogP contribution in [0.1, 0.15) is 56.3 Å². The van der Waals surface area contributed by atoms with Gasteiger partial charge in [-0.2, -0.15) is 0 Å². The highest BCUT2D eigenvalue weighted by Crippen LogP contribution is 2.42. The summed E-state index contributed by atoms with van der Waals surface area (Å²) < 4.78 is 5.74. The van der Waals surface area contributed by atoms with Gasteiger partial charge in [0.25, 0.3) is 11.7 Å². The molecule has 1 aromatic heterocycles. The number of hydrogen-bond acceptors (Lipinski definition) is 5. The fraction of sp³-hybridized carbons (Fsp3) is 0.250. The minimum Gasteiger partial charge on any atom is -0.507 e. The molecule has 2 heterocycles. The van der Waals surface area contributed by atoms with Crippen molar-refractivity contribution in [3.63, 3.8) is 0 Å². The van der Waals surface area contributed by atoms with Crippen LogP contribution in [-0.4, -0.2) is 27.9 Å². The molecular weight excluding hydrogens is 428 g/mol. The van der Waals surface area contributed by atoms with Crippen LogP contribution >= 0.6 is 0 Å². The zero-order valence-electron chi connectivity index (χ0n) is 19.7. The normalized spacial score (nSPS) is 17.6. The molecule has 1 atom stereocenters. The van der Waals surface area contributed by atoms with Crippen molar-refractivity contribution in [3.8, 4) is 5.75 Å². The Labute approximate surface area is 199 Å². The molecule has 0 aliphatic carbocycles. The largest absolute Gasteiger partial charge is 0.507 e. The van der Waals surface area contributed by atoms with Crippen molar-refractivity contribution in [3.05, 3.63) is 95.3 Å². The van der Waals surface area contributed by atoms with Crippen LogP contribution in [0.4, 0.5) is 5.69 Å². The monoisotopic (exact) mass is 456 g/mol. The second kappa shape index (κ2) is 9.51. The Morgan fingerprint density at radius 2 is 1.65 bits per heavy atom. The first-order valence-electron chi connectivity index (χ1n) is 11.4. The Bertz CT molecular complexity index is 1230. The van der Waals surface area contributed by atoms with Gasteiger partial charge in [0.15, 0.2) is 0 Å². The third kappa shape index (κ3) is 4.44. The van der Waals surface area contributed by atoms with Crippen LogP contribution in [0.2, 0.25) is 0 Å². The molecule has 1 aliphatic heterocycles. The highest BCUT2D eigenvalue weighted by Gasteiger charge is 2.47. The number of ether oxygens (including phenoxy) is 1. The SMILES string of the molecule is CC(C)Oc1cccc(/C(O)=C2/C(=O)C(=O)N(c3ccc(C(C)C)cc3)C2c2ccncc2)c1. The number of carbonyl (C=O) groups is 2. The van der Waals surface area contributed by atoms with E-state index in [9.17, 15) is 14.7 Å². The number of anilines is 1. The van der Waals surface area contributed by atoms with Gasteiger partial charge in [0.1, 0.15) is 11.5 Å². The first-order valence-corrected chi connectivity index (χ1v) is 11.4. The van der Waals surface area contributed by atoms with E-state index in [1.165, 1.54) is 4.90 Å². The van der Waals surface area contributed by atoms with Crippen LogP contribution < -0.4 is 9.64 Å². The maximum absolute atomic E-state index is 13.3. The molecule has 6 heteroatoms. The summed E-state index contributed by atoms with van der Waals surface area (Å²) in [5.74, 6) is -0.757. The van der Waals surface area contributed by atoms with Crippen molar-refractivity contribution in [2.24, 2.45) is 0 Å². The average Bonchev–Trinajstić information content (AvgIpc) is 3.09. The van der Waals surface area contributed by atoms with Crippen LogP contribution in [0.3, 0.4) is 0 Å². The molecule has 34 heavy (non-hydrogen) atoms. The van der Waals surface area contributed by atoms with Gasteiger partial charge in [-0.25, -0.2) is 0 Å². The fourth-order valence-corrected chi connectivity index (χ4v) is 4.12. The predicted molar refractivity (Wildman–Crippen MR) is 132 cm³/mol. The maximum Gasteiger partial charge on any atom is 0.300 e. The Hall–Kier alpha value is -3.93. The van der Waals surface area contributed by atoms with Crippen LogP contribution in [0.15, 0.2) is 78.6 Å². The van der Waals surface area contributed by atoms with Gasteiger partial charge in [0.2, 0.25) is 0 Å². The van der Waals surface area contributed by atoms with Gasteiger partial charge in [-0.3, -0.25) is 19.5 Å². The molecule has 1 fully saturated rings. The highest BCUT2D eigenvalue weighted by atomic mass is 16.5. The van der Waals surface area contributed by atoms with Gasteiger partial charge in [-0.15, -0.1) is 0 Å². The molecule has 6 nitrogen and oxygen atoms in total. The van der Waals surface area contributed by atoms with E-state index >= 15 is 0 Å². The lowest BCUT2D eigenvalue weighted by molar-refractivity contribution is -0.132. The molecule has 1 N–H and O–H groups in total. The molecule has 4 rings (SSSR count). The number of rotatable bonds is 6. The molecule has 0 radical (unpaired) electrons. The number of nitrogens with zero attached hydrogens (tertiary/aromatic N) is 2. The smallest absolute Gasteiger partial charge is 0.300 e. The number of aliphatic hydroxyl groups is 1. The topological polar surface area (TPSA) is 79.7 Å². The molecule has 1 saturated heterocycles. The number of Topliss-reactive ketones (excluding diaryl/α,β-unsaturated/α-hetero) is 1. The number of pyridine rings is 1. The number of amides is 1. The summed E-state index contributed by atoms with van der Waals surface area (Å²) in [5, 5.41) is 11.3. The van der Waals surface area contributed by atoms with Crippen molar-refractivity contribution in [1.29, 1.82) is 0 Å². The number of hydrogen-bond donors (Lipinski definition) is 1. The number of benzene rings is 2. The van der Waals surface area contributed by atoms with Crippen molar-refractivity contribution < 1.29 is 19.4 Å². The van der Waals surface area contributed by atoms with Crippen molar-refractivity contribution in [2.45, 2.75) is 45.8 Å². The summed E-state index contributed by atoms with van der Waals surface area (Å²) in [6, 6.07) is 17.2. The fourth-order valence-electron chi connectivity index (χ4n) is 4.12. The molecule has 0 saturated carbocycles. The van der Waals surface area contributed by atoms with Crippen LogP contribution in [0.25, 0.3) is 5.76 Å². The van der Waals surface area contributed by atoms with E-state index in [-0.39, 0.29) is 17.4 Å². The minimum atomic E-state index is -0.789. The zero-order valence-corrected chi connectivity index (χ0v) is 19.7. The number of ketones is 1. The molecule has 174 valence electrons. The molecule has 0 bridgehead atoms. The number of aromatic nitrogens is 1. The first-order chi connectivity index (χ1) is 16.3. The van der Waals surface area contributed by atoms with Gasteiger partial charge >= 0.3 is 0 Å². The Morgan fingerprint density at radius 1 is 0.971 bits per heavy atom. The second-order valence-corrected chi connectivity index (χ2v) is 8.89. The molecule has 3 aromatic rings. The summed E-state index contributed by atoms with van der Waals surface area (Å²) in [6.45, 7) is 8.00. The summed E-state index contributed by atoms with van der Waals surface area (Å²) in [4.78, 5) is 32.0. The summed E-state index contributed by atoms with van der Waals surface area (Å²) >= 11 is 0. The van der Waals surface area contributed by atoms with E-state index < -0.39 is 17.7 Å². The van der Waals surface area contributed by atoms with E-state index in [0.717, 1.165) is 5.56 Å². The third-order valence-electron chi connectivity index (χ3n) is 5.78. The highest BCUT2D eigenvalue weighted by molar-refractivity contribution is 6.51. The first kappa shape index (κ1) is 23.2. The average molecular weight is 457 g/mol. The second-order valence-electron chi connectivity index (χ2n) is 8.89. The maximum atomic E-state index is 13.3. The van der Waals surface area contributed by atoms with Crippen LogP contribution in [0, 0.1) is 0 Å². The standard InChI is InChI=1S/C28H28N2O4/c1-17(2)19-8-10-22(11-9-19)30-25(20-12-14-29-15-13-20)24(27(32)28(30)33)26(31)21-6-5-7-23(16-21)34-18(3)4/h5-18,25,31H,1-4H3/b26-24-. The van der Waals surface area contributed by atoms with E-state index in [0.29, 0.717) is 28.5 Å². The third-order valence-corrected chi connectivity index (χ3v) is 5.78. The summed E-state index contributed by atoms with van der Waals surface area (Å²) in [5.41, 5.74) is 2.83. The van der Waals surface area contributed by atoms with Crippen molar-refractivity contribution >= 4 is 23.1 Å². The van der Waals surface area contributed by atoms with Crippen molar-refractivity contribution in [1.82, 2.24) is 4.98 Å². The van der Waals surface area contributed by atoms with Gasteiger partial charge in [-0.1, -0.05) is 38.1 Å². The lowest BCUT2D eigenvalue weighted by atomic mass is 9.95. The quantitative estimate of drug-likeness (QED) is 0.296. The Balaban J connectivity index is 1.86. The van der Waals surface area contributed by atoms with Gasteiger partial charge < -0.3 is 9.84 Å². The molecule has 1 unspecified atom stereocenters. The van der Waals surface area contributed by atoms with E-state index in [4.69, 9.17) is 4.74 Å². The lowest BCUT2D eigenvalue weighted by Crippen LogP contribution is -2.29. The van der Waals surface area contributed by atoms with Crippen LogP contribution in [0.5, 0.6) is 5.75 Å². The van der Waals surface area contributed by atoms with Crippen LogP contribution in [-0.2, 0) is 9.59 Å².